The van der Waals surface area contributed by atoms with Crippen LogP contribution in [0.15, 0.2) is 128 Å². The molecular weight excluding hydrogens is 649 g/mol. The lowest BCUT2D eigenvalue weighted by Crippen LogP contribution is -2.21. The molecule has 0 unspecified atom stereocenters. The lowest BCUT2D eigenvalue weighted by molar-refractivity contribution is 0.562. The van der Waals surface area contributed by atoms with Crippen LogP contribution in [0.4, 0.5) is 5.69 Å². The minimum absolute atomic E-state index is 0.376. The molecule has 0 bridgehead atoms. The first-order valence-electron chi connectivity index (χ1n) is 17.5. The zero-order valence-corrected chi connectivity index (χ0v) is 29.2. The molecule has 0 aliphatic carbocycles. The van der Waals surface area contributed by atoms with Gasteiger partial charge in [-0.15, -0.1) is 0 Å². The minimum Gasteiger partial charge on any atom is -0.422 e. The van der Waals surface area contributed by atoms with Crippen LogP contribution < -0.4 is 16.2 Å². The van der Waals surface area contributed by atoms with Gasteiger partial charge in [0.05, 0.1) is 34.9 Å². The summed E-state index contributed by atoms with van der Waals surface area (Å²) in [4.78, 5) is 38.3. The van der Waals surface area contributed by atoms with Crippen LogP contribution in [0.25, 0.3) is 88.2 Å². The Morgan fingerprint density at radius 3 is 2.00 bits per heavy atom. The van der Waals surface area contributed by atoms with E-state index in [-0.39, 0.29) is 5.63 Å². The first-order chi connectivity index (χ1) is 25.3. The lowest BCUT2D eigenvalue weighted by Gasteiger charge is -2.21. The van der Waals surface area contributed by atoms with Gasteiger partial charge < -0.3 is 18.3 Å². The van der Waals surface area contributed by atoms with Crippen molar-refractivity contribution in [1.29, 1.82) is 0 Å². The number of nitrogens with zero attached hydrogens (tertiary/aromatic N) is 4. The van der Waals surface area contributed by atoms with Crippen LogP contribution in [0.2, 0.25) is 0 Å². The zero-order valence-electron chi connectivity index (χ0n) is 29.2. The highest BCUT2D eigenvalue weighted by atomic mass is 16.4. The van der Waals surface area contributed by atoms with Crippen molar-refractivity contribution >= 4 is 60.2 Å². The summed E-state index contributed by atoms with van der Waals surface area (Å²) in [6.45, 7) is 7.86. The highest BCUT2D eigenvalue weighted by Crippen LogP contribution is 2.35. The molecule has 254 valence electrons. The van der Waals surface area contributed by atoms with Crippen LogP contribution in [0.5, 0.6) is 0 Å². The van der Waals surface area contributed by atoms with Gasteiger partial charge in [0.15, 0.2) is 0 Å². The number of rotatable bonds is 6. The third-order valence-electron chi connectivity index (χ3n) is 10.4. The summed E-state index contributed by atoms with van der Waals surface area (Å²) in [5.41, 5.74) is 7.94. The molecule has 0 aliphatic heterocycles. The van der Waals surface area contributed by atoms with E-state index < -0.39 is 5.63 Å². The Balaban J connectivity index is 1.09. The van der Waals surface area contributed by atoms with Gasteiger partial charge in [0.2, 0.25) is 0 Å². The molecule has 0 atom stereocenters. The van der Waals surface area contributed by atoms with E-state index in [9.17, 15) is 9.59 Å². The van der Waals surface area contributed by atoms with Gasteiger partial charge in [0.1, 0.15) is 11.2 Å². The normalized spacial score (nSPS) is 11.8. The van der Waals surface area contributed by atoms with Gasteiger partial charge in [-0.2, -0.15) is 0 Å². The summed E-state index contributed by atoms with van der Waals surface area (Å²) in [6.07, 6.45) is 3.34. The van der Waals surface area contributed by atoms with Crippen LogP contribution in [0.3, 0.4) is 0 Å². The Morgan fingerprint density at radius 2 is 1.29 bits per heavy atom. The SMILES string of the molecule is CCN(CC)c1ccc2c(C)c(-c3cnc(-c4ccc5c(c4)c4cc(-c6cc7cc8ccccc8cc7oc6=O)ccc4n5C)cn3)c(=O)oc2c1. The van der Waals surface area contributed by atoms with E-state index in [1.165, 1.54) is 0 Å². The van der Waals surface area contributed by atoms with Gasteiger partial charge in [-0.25, -0.2) is 9.59 Å². The zero-order chi connectivity index (χ0) is 35.7. The molecule has 0 saturated heterocycles. The topological polar surface area (TPSA) is 94.4 Å². The summed E-state index contributed by atoms with van der Waals surface area (Å²) < 4.78 is 13.8. The summed E-state index contributed by atoms with van der Waals surface area (Å²) in [7, 11) is 2.04. The van der Waals surface area contributed by atoms with Gasteiger partial charge in [-0.1, -0.05) is 36.4 Å². The van der Waals surface area contributed by atoms with Crippen LogP contribution in [0.1, 0.15) is 19.4 Å². The summed E-state index contributed by atoms with van der Waals surface area (Å²) in [5.74, 6) is 0. The van der Waals surface area contributed by atoms with Crippen molar-refractivity contribution in [2.75, 3.05) is 18.0 Å². The molecule has 9 rings (SSSR count). The maximum absolute atomic E-state index is 13.3. The molecule has 5 aromatic carbocycles. The molecule has 0 aliphatic rings. The number of hydrogen-bond acceptors (Lipinski definition) is 7. The molecule has 52 heavy (non-hydrogen) atoms. The second kappa shape index (κ2) is 12.1. The fourth-order valence-electron chi connectivity index (χ4n) is 7.59. The Hall–Kier alpha value is -6.54. The van der Waals surface area contributed by atoms with Crippen LogP contribution >= 0.6 is 0 Å². The van der Waals surface area contributed by atoms with E-state index in [1.54, 1.807) is 12.4 Å². The number of benzene rings is 5. The van der Waals surface area contributed by atoms with E-state index in [0.717, 1.165) is 78.8 Å². The smallest absolute Gasteiger partial charge is 0.346 e. The third-order valence-corrected chi connectivity index (χ3v) is 10.4. The second-order valence-corrected chi connectivity index (χ2v) is 13.2. The maximum Gasteiger partial charge on any atom is 0.346 e. The van der Waals surface area contributed by atoms with E-state index >= 15 is 0 Å². The Kier molecular flexibility index (Phi) is 7.29. The fourth-order valence-corrected chi connectivity index (χ4v) is 7.59. The molecule has 0 amide bonds. The van der Waals surface area contributed by atoms with Crippen LogP contribution in [-0.2, 0) is 7.05 Å². The quantitative estimate of drug-likeness (QED) is 0.127. The van der Waals surface area contributed by atoms with E-state index in [1.807, 2.05) is 74.6 Å². The van der Waals surface area contributed by atoms with Gasteiger partial charge in [0.25, 0.3) is 0 Å². The molecule has 4 heterocycles. The van der Waals surface area contributed by atoms with E-state index in [4.69, 9.17) is 18.8 Å². The number of aryl methyl sites for hydroxylation is 2. The molecule has 0 spiro atoms. The number of fused-ring (bicyclic) bond motifs is 6. The van der Waals surface area contributed by atoms with Crippen LogP contribution in [-0.4, -0.2) is 27.6 Å². The van der Waals surface area contributed by atoms with Crippen molar-refractivity contribution in [3.8, 4) is 33.6 Å². The Bertz CT molecular complexity index is 3010. The monoisotopic (exact) mass is 682 g/mol. The van der Waals surface area contributed by atoms with Gasteiger partial charge in [0, 0.05) is 70.0 Å². The molecule has 4 aromatic heterocycles. The molecule has 8 nitrogen and oxygen atoms in total. The average molecular weight is 683 g/mol. The first-order valence-corrected chi connectivity index (χ1v) is 17.5. The van der Waals surface area contributed by atoms with Crippen LogP contribution in [0, 0.1) is 6.92 Å². The largest absolute Gasteiger partial charge is 0.422 e. The predicted octanol–water partition coefficient (Wildman–Crippen LogP) is 9.64. The summed E-state index contributed by atoms with van der Waals surface area (Å²) >= 11 is 0. The molecular formula is C44H34N4O4. The van der Waals surface area contributed by atoms with E-state index in [2.05, 4.69) is 59.7 Å². The van der Waals surface area contributed by atoms with Crippen molar-refractivity contribution in [3.63, 3.8) is 0 Å². The second-order valence-electron chi connectivity index (χ2n) is 13.2. The molecule has 0 N–H and O–H groups in total. The lowest BCUT2D eigenvalue weighted by atomic mass is 10.0. The Morgan fingerprint density at radius 1 is 0.635 bits per heavy atom. The maximum atomic E-state index is 13.3. The van der Waals surface area contributed by atoms with Crippen molar-refractivity contribution in [2.45, 2.75) is 20.8 Å². The van der Waals surface area contributed by atoms with Crippen molar-refractivity contribution < 1.29 is 8.83 Å². The predicted molar refractivity (Wildman–Crippen MR) is 210 cm³/mol. The number of anilines is 1. The molecule has 8 heteroatoms. The number of aromatic nitrogens is 3. The third kappa shape index (κ3) is 4.98. The minimum atomic E-state index is -0.439. The van der Waals surface area contributed by atoms with Crippen molar-refractivity contribution in [1.82, 2.24) is 14.5 Å². The summed E-state index contributed by atoms with van der Waals surface area (Å²) in [5, 5.41) is 5.88. The number of hydrogen-bond donors (Lipinski definition) is 0. The van der Waals surface area contributed by atoms with Gasteiger partial charge >= 0.3 is 11.3 Å². The Labute approximate surface area is 298 Å². The standard InChI is InChI=1S/C44H34N4O4/c1-5-48(6-2)31-13-14-32-25(3)42(44(50)52-41(32)22-31)37-24-45-36(23-46-37)29-12-16-39-35(19-29)34-18-28(11-15-38(34)47(39)4)33-20-30-17-26-9-7-8-10-27(26)21-40(30)51-43(33)49/h7-24H,5-6H2,1-4H3. The van der Waals surface area contributed by atoms with Gasteiger partial charge in [-0.05, 0) is 97.3 Å². The molecule has 9 aromatic rings. The highest BCUT2D eigenvalue weighted by Gasteiger charge is 2.18. The van der Waals surface area contributed by atoms with Crippen molar-refractivity contribution in [3.05, 3.63) is 136 Å². The average Bonchev–Trinajstić information content (AvgIpc) is 3.44. The first kappa shape index (κ1) is 31.4. The van der Waals surface area contributed by atoms with E-state index in [0.29, 0.717) is 33.7 Å². The highest BCUT2D eigenvalue weighted by molar-refractivity contribution is 6.10. The molecule has 0 radical (unpaired) electrons. The van der Waals surface area contributed by atoms with Gasteiger partial charge in [-0.3, -0.25) is 9.97 Å². The fraction of sp³-hybridized carbons (Fsp3) is 0.136. The molecule has 0 fully saturated rings. The molecule has 0 saturated carbocycles. The van der Waals surface area contributed by atoms with Crippen molar-refractivity contribution in [2.24, 2.45) is 7.05 Å². The summed E-state index contributed by atoms with van der Waals surface area (Å²) in [6, 6.07) is 32.2.